The van der Waals surface area contributed by atoms with Crippen LogP contribution in [0.4, 0.5) is 0 Å². The summed E-state index contributed by atoms with van der Waals surface area (Å²) in [6.07, 6.45) is 2.51. The van der Waals surface area contributed by atoms with E-state index in [-0.39, 0.29) is 6.10 Å². The lowest BCUT2D eigenvalue weighted by atomic mass is 10.1. The van der Waals surface area contributed by atoms with Crippen LogP contribution in [0.15, 0.2) is 24.3 Å². The fourth-order valence-electron chi connectivity index (χ4n) is 1.88. The van der Waals surface area contributed by atoms with E-state index in [4.69, 9.17) is 4.74 Å². The average molecular weight is 235 g/mol. The van der Waals surface area contributed by atoms with Crippen molar-refractivity contribution in [2.24, 2.45) is 0 Å². The van der Waals surface area contributed by atoms with Gasteiger partial charge < -0.3 is 10.1 Å². The van der Waals surface area contributed by atoms with Gasteiger partial charge in [-0.15, -0.1) is 0 Å². The Morgan fingerprint density at radius 3 is 2.65 bits per heavy atom. The van der Waals surface area contributed by atoms with Crippen molar-refractivity contribution in [3.05, 3.63) is 29.8 Å². The molecule has 1 unspecified atom stereocenters. The molecule has 0 fully saturated rings. The smallest absolute Gasteiger partial charge is 0.119 e. The van der Waals surface area contributed by atoms with Crippen LogP contribution < -0.4 is 10.1 Å². The summed E-state index contributed by atoms with van der Waals surface area (Å²) >= 11 is 0. The second-order valence-electron chi connectivity index (χ2n) is 4.81. The van der Waals surface area contributed by atoms with Gasteiger partial charge in [0.2, 0.25) is 0 Å². The van der Waals surface area contributed by atoms with E-state index < -0.39 is 0 Å². The molecule has 1 aromatic rings. The van der Waals surface area contributed by atoms with Crippen LogP contribution in [0.25, 0.3) is 0 Å². The molecule has 0 aliphatic heterocycles. The maximum absolute atomic E-state index is 5.69. The predicted octanol–water partition coefficient (Wildman–Crippen LogP) is 3.40. The minimum Gasteiger partial charge on any atom is -0.491 e. The van der Waals surface area contributed by atoms with Gasteiger partial charge in [0.25, 0.3) is 0 Å². The van der Waals surface area contributed by atoms with Crippen LogP contribution in [-0.2, 0) is 6.42 Å². The standard InChI is InChI=1S/C15H25NO/c1-5-16-13(4)9-10-14-7-6-8-15(11-14)17-12(2)3/h6-8,11-13,16H,5,9-10H2,1-4H3. The van der Waals surface area contributed by atoms with E-state index in [2.05, 4.69) is 51.2 Å². The van der Waals surface area contributed by atoms with Crippen LogP contribution in [0.1, 0.15) is 39.7 Å². The summed E-state index contributed by atoms with van der Waals surface area (Å²) in [5.74, 6) is 0.980. The molecule has 0 bridgehead atoms. The number of hydrogen-bond acceptors (Lipinski definition) is 2. The molecule has 0 saturated carbocycles. The predicted molar refractivity (Wildman–Crippen MR) is 73.7 cm³/mol. The largest absolute Gasteiger partial charge is 0.491 e. The normalized spacial score (nSPS) is 12.8. The molecule has 1 atom stereocenters. The molecule has 0 aliphatic rings. The zero-order valence-corrected chi connectivity index (χ0v) is 11.5. The second-order valence-corrected chi connectivity index (χ2v) is 4.81. The molecular formula is C15H25NO. The van der Waals surface area contributed by atoms with Gasteiger partial charge in [-0.25, -0.2) is 0 Å². The Labute approximate surface area is 105 Å². The Balaban J connectivity index is 2.48. The fourth-order valence-corrected chi connectivity index (χ4v) is 1.88. The van der Waals surface area contributed by atoms with E-state index in [1.165, 1.54) is 12.0 Å². The second kappa shape index (κ2) is 7.33. The number of nitrogens with one attached hydrogen (secondary N) is 1. The molecule has 0 spiro atoms. The number of hydrogen-bond donors (Lipinski definition) is 1. The van der Waals surface area contributed by atoms with E-state index in [0.717, 1.165) is 18.7 Å². The summed E-state index contributed by atoms with van der Waals surface area (Å²) in [7, 11) is 0. The summed E-state index contributed by atoms with van der Waals surface area (Å²) in [4.78, 5) is 0. The average Bonchev–Trinajstić information content (AvgIpc) is 2.26. The maximum Gasteiger partial charge on any atom is 0.119 e. The Kier molecular flexibility index (Phi) is 6.06. The minimum atomic E-state index is 0.242. The van der Waals surface area contributed by atoms with Gasteiger partial charge in [-0.3, -0.25) is 0 Å². The summed E-state index contributed by atoms with van der Waals surface area (Å²) in [5, 5.41) is 3.43. The Morgan fingerprint density at radius 2 is 2.00 bits per heavy atom. The van der Waals surface area contributed by atoms with Crippen LogP contribution in [-0.4, -0.2) is 18.7 Å². The summed E-state index contributed by atoms with van der Waals surface area (Å²) < 4.78 is 5.69. The molecule has 2 heteroatoms. The molecule has 0 amide bonds. The highest BCUT2D eigenvalue weighted by Crippen LogP contribution is 2.16. The fraction of sp³-hybridized carbons (Fsp3) is 0.600. The van der Waals surface area contributed by atoms with Gasteiger partial charge in [0.1, 0.15) is 5.75 Å². The van der Waals surface area contributed by atoms with Gasteiger partial charge in [-0.1, -0.05) is 19.1 Å². The molecule has 96 valence electrons. The number of ether oxygens (including phenoxy) is 1. The third kappa shape index (κ3) is 5.73. The van der Waals surface area contributed by atoms with Crippen molar-refractivity contribution in [2.45, 2.75) is 52.7 Å². The number of rotatable bonds is 7. The van der Waals surface area contributed by atoms with E-state index in [0.29, 0.717) is 6.04 Å². The van der Waals surface area contributed by atoms with Crippen molar-refractivity contribution in [1.82, 2.24) is 5.32 Å². The summed E-state index contributed by atoms with van der Waals surface area (Å²) in [6, 6.07) is 9.00. The Hall–Kier alpha value is -1.02. The molecule has 0 saturated heterocycles. The highest BCUT2D eigenvalue weighted by Gasteiger charge is 2.03. The summed E-state index contributed by atoms with van der Waals surface area (Å²) in [6.45, 7) is 9.53. The Morgan fingerprint density at radius 1 is 1.24 bits per heavy atom. The van der Waals surface area contributed by atoms with Crippen molar-refractivity contribution in [2.75, 3.05) is 6.54 Å². The third-order valence-corrected chi connectivity index (χ3v) is 2.69. The first kappa shape index (κ1) is 14.0. The van der Waals surface area contributed by atoms with Gasteiger partial charge >= 0.3 is 0 Å². The van der Waals surface area contributed by atoms with E-state index in [1.807, 2.05) is 6.07 Å². The highest BCUT2D eigenvalue weighted by molar-refractivity contribution is 5.28. The SMILES string of the molecule is CCNC(C)CCc1cccc(OC(C)C)c1. The first-order chi connectivity index (χ1) is 8.11. The molecule has 0 heterocycles. The van der Waals surface area contributed by atoms with Crippen molar-refractivity contribution in [3.8, 4) is 5.75 Å². The van der Waals surface area contributed by atoms with Gasteiger partial charge in [-0.05, 0) is 57.9 Å². The number of aryl methyl sites for hydroxylation is 1. The summed E-state index contributed by atoms with van der Waals surface area (Å²) in [5.41, 5.74) is 1.35. The molecule has 17 heavy (non-hydrogen) atoms. The van der Waals surface area contributed by atoms with Gasteiger partial charge in [0.15, 0.2) is 0 Å². The van der Waals surface area contributed by atoms with Crippen LogP contribution in [0.2, 0.25) is 0 Å². The molecule has 0 aliphatic carbocycles. The molecule has 1 rings (SSSR count). The molecule has 2 nitrogen and oxygen atoms in total. The Bertz CT molecular complexity index is 322. The first-order valence-corrected chi connectivity index (χ1v) is 6.60. The quantitative estimate of drug-likeness (QED) is 0.782. The van der Waals surface area contributed by atoms with Crippen molar-refractivity contribution >= 4 is 0 Å². The highest BCUT2D eigenvalue weighted by atomic mass is 16.5. The molecule has 0 aromatic heterocycles. The van der Waals surface area contributed by atoms with E-state index in [1.54, 1.807) is 0 Å². The lowest BCUT2D eigenvalue weighted by Crippen LogP contribution is -2.25. The molecular weight excluding hydrogens is 210 g/mol. The van der Waals surface area contributed by atoms with Crippen LogP contribution >= 0.6 is 0 Å². The number of benzene rings is 1. The minimum absolute atomic E-state index is 0.242. The molecule has 1 N–H and O–H groups in total. The van der Waals surface area contributed by atoms with Gasteiger partial charge in [0, 0.05) is 6.04 Å². The van der Waals surface area contributed by atoms with Crippen LogP contribution in [0, 0.1) is 0 Å². The van der Waals surface area contributed by atoms with E-state index in [9.17, 15) is 0 Å². The van der Waals surface area contributed by atoms with Gasteiger partial charge in [0.05, 0.1) is 6.10 Å². The maximum atomic E-state index is 5.69. The van der Waals surface area contributed by atoms with Gasteiger partial charge in [-0.2, -0.15) is 0 Å². The third-order valence-electron chi connectivity index (χ3n) is 2.69. The lowest BCUT2D eigenvalue weighted by molar-refractivity contribution is 0.242. The van der Waals surface area contributed by atoms with Crippen LogP contribution in [0.3, 0.4) is 0 Å². The van der Waals surface area contributed by atoms with E-state index >= 15 is 0 Å². The molecule has 1 aromatic carbocycles. The zero-order chi connectivity index (χ0) is 12.7. The first-order valence-electron chi connectivity index (χ1n) is 6.60. The lowest BCUT2D eigenvalue weighted by Gasteiger charge is -2.13. The van der Waals surface area contributed by atoms with Crippen molar-refractivity contribution in [1.29, 1.82) is 0 Å². The van der Waals surface area contributed by atoms with Crippen molar-refractivity contribution in [3.63, 3.8) is 0 Å². The topological polar surface area (TPSA) is 21.3 Å². The van der Waals surface area contributed by atoms with Crippen LogP contribution in [0.5, 0.6) is 5.75 Å². The van der Waals surface area contributed by atoms with Crippen molar-refractivity contribution < 1.29 is 4.74 Å². The monoisotopic (exact) mass is 235 g/mol. The molecule has 0 radical (unpaired) electrons. The zero-order valence-electron chi connectivity index (χ0n) is 11.5.